The van der Waals surface area contributed by atoms with Gasteiger partial charge in [0.1, 0.15) is 17.9 Å². The molecular weight excluding hydrogens is 336 g/mol. The van der Waals surface area contributed by atoms with Crippen molar-refractivity contribution in [3.05, 3.63) is 45.3 Å². The second kappa shape index (κ2) is 6.40. The first-order chi connectivity index (χ1) is 12.5. The van der Waals surface area contributed by atoms with Crippen molar-refractivity contribution in [3.8, 4) is 0 Å². The van der Waals surface area contributed by atoms with Crippen molar-refractivity contribution in [1.29, 1.82) is 0 Å². The maximum absolute atomic E-state index is 12.2. The summed E-state index contributed by atoms with van der Waals surface area (Å²) < 4.78 is 10.7. The van der Waals surface area contributed by atoms with Crippen LogP contribution in [0.15, 0.2) is 32.5 Å². The molecule has 0 fully saturated rings. The van der Waals surface area contributed by atoms with Crippen LogP contribution in [0.4, 0.5) is 0 Å². The molecular formula is C19H18N2O5. The van der Waals surface area contributed by atoms with Crippen LogP contribution < -0.4 is 5.63 Å². The molecule has 0 N–H and O–H groups in total. The average Bonchev–Trinajstić information content (AvgIpc) is 3.07. The number of nitrogens with zero attached hydrogens (tertiary/aromatic N) is 2. The van der Waals surface area contributed by atoms with Gasteiger partial charge in [0.15, 0.2) is 0 Å². The van der Waals surface area contributed by atoms with Crippen molar-refractivity contribution in [2.24, 2.45) is 5.10 Å². The van der Waals surface area contributed by atoms with Gasteiger partial charge in [-0.2, -0.15) is 5.10 Å². The van der Waals surface area contributed by atoms with Gasteiger partial charge in [-0.05, 0) is 42.5 Å². The number of hydrogen-bond donors (Lipinski definition) is 0. The van der Waals surface area contributed by atoms with Crippen LogP contribution in [-0.2, 0) is 33.8 Å². The number of rotatable bonds is 3. The van der Waals surface area contributed by atoms with Gasteiger partial charge < -0.3 is 9.15 Å². The van der Waals surface area contributed by atoms with Gasteiger partial charge in [0, 0.05) is 36.9 Å². The van der Waals surface area contributed by atoms with Gasteiger partial charge in [0.05, 0.1) is 0 Å². The lowest BCUT2D eigenvalue weighted by atomic mass is 10.0. The predicted molar refractivity (Wildman–Crippen MR) is 93.7 cm³/mol. The lowest BCUT2D eigenvalue weighted by Gasteiger charge is -2.18. The normalized spacial score (nSPS) is 16.6. The van der Waals surface area contributed by atoms with Crippen LogP contribution in [-0.4, -0.2) is 29.6 Å². The van der Waals surface area contributed by atoms with Crippen LogP contribution in [0.2, 0.25) is 0 Å². The molecule has 2 aliphatic rings. The number of fused-ring (bicyclic) bond motifs is 2. The van der Waals surface area contributed by atoms with Crippen LogP contribution in [0.25, 0.3) is 11.0 Å². The van der Waals surface area contributed by atoms with E-state index in [9.17, 15) is 14.4 Å². The van der Waals surface area contributed by atoms with Crippen LogP contribution in [0.1, 0.15) is 36.0 Å². The minimum atomic E-state index is -0.577. The van der Waals surface area contributed by atoms with E-state index >= 15 is 0 Å². The smallest absolute Gasteiger partial charge is 0.354 e. The Bertz CT molecular complexity index is 1000. The molecule has 2 aromatic rings. The van der Waals surface area contributed by atoms with E-state index in [4.69, 9.17) is 9.15 Å². The largest absolute Gasteiger partial charge is 0.456 e. The fraction of sp³-hybridized carbons (Fsp3) is 0.368. The summed E-state index contributed by atoms with van der Waals surface area (Å²) in [5, 5.41) is 5.88. The first kappa shape index (κ1) is 16.5. The average molecular weight is 354 g/mol. The van der Waals surface area contributed by atoms with Crippen LogP contribution in [0.3, 0.4) is 0 Å². The molecule has 0 bridgehead atoms. The van der Waals surface area contributed by atoms with Gasteiger partial charge in [-0.3, -0.25) is 4.79 Å². The summed E-state index contributed by atoms with van der Waals surface area (Å²) in [6.07, 6.45) is 3.56. The third-order valence-corrected chi connectivity index (χ3v) is 4.84. The highest BCUT2D eigenvalue weighted by atomic mass is 16.5. The second-order valence-electron chi connectivity index (χ2n) is 6.60. The summed E-state index contributed by atoms with van der Waals surface area (Å²) in [6.45, 7) is -0.0452. The summed E-state index contributed by atoms with van der Waals surface area (Å²) in [5.74, 6) is -0.714. The SMILES string of the molecule is CN1N=C(C(=O)OCc2cc(=O)oc3cc4c(cc23)CCC4)CCC1=O. The minimum Gasteiger partial charge on any atom is -0.456 e. The zero-order chi connectivity index (χ0) is 18.3. The zero-order valence-corrected chi connectivity index (χ0v) is 14.4. The fourth-order valence-corrected chi connectivity index (χ4v) is 3.46. The number of carbonyl (C=O) groups excluding carboxylic acids is 2. The van der Waals surface area contributed by atoms with Crippen molar-refractivity contribution in [2.75, 3.05) is 7.05 Å². The summed E-state index contributed by atoms with van der Waals surface area (Å²) in [7, 11) is 1.51. The minimum absolute atomic E-state index is 0.0452. The zero-order valence-electron chi connectivity index (χ0n) is 14.4. The van der Waals surface area contributed by atoms with Gasteiger partial charge in [-0.1, -0.05) is 0 Å². The molecule has 4 rings (SSSR count). The molecule has 2 heterocycles. The Kier molecular flexibility index (Phi) is 4.06. The third-order valence-electron chi connectivity index (χ3n) is 4.84. The number of benzene rings is 1. The molecule has 1 aromatic carbocycles. The molecule has 7 nitrogen and oxygen atoms in total. The third kappa shape index (κ3) is 3.00. The summed E-state index contributed by atoms with van der Waals surface area (Å²) in [5.41, 5.74) is 3.32. The number of amides is 1. The molecule has 7 heteroatoms. The molecule has 1 aliphatic carbocycles. The topological polar surface area (TPSA) is 89.2 Å². The highest BCUT2D eigenvalue weighted by Crippen LogP contribution is 2.28. The number of hydrazone groups is 1. The second-order valence-corrected chi connectivity index (χ2v) is 6.60. The first-order valence-electron chi connectivity index (χ1n) is 8.61. The quantitative estimate of drug-likeness (QED) is 0.621. The highest BCUT2D eigenvalue weighted by molar-refractivity contribution is 6.37. The van der Waals surface area contributed by atoms with E-state index < -0.39 is 11.6 Å². The Morgan fingerprint density at radius 1 is 1.15 bits per heavy atom. The van der Waals surface area contributed by atoms with E-state index in [1.807, 2.05) is 12.1 Å². The van der Waals surface area contributed by atoms with Crippen molar-refractivity contribution in [1.82, 2.24) is 5.01 Å². The van der Waals surface area contributed by atoms with Gasteiger partial charge in [0.2, 0.25) is 5.91 Å². The predicted octanol–water partition coefficient (Wildman–Crippen LogP) is 1.93. The van der Waals surface area contributed by atoms with Gasteiger partial charge >= 0.3 is 11.6 Å². The van der Waals surface area contributed by atoms with Crippen molar-refractivity contribution in [2.45, 2.75) is 38.7 Å². The molecule has 0 saturated heterocycles. The van der Waals surface area contributed by atoms with E-state index in [1.165, 1.54) is 24.2 Å². The van der Waals surface area contributed by atoms with Gasteiger partial charge in [0.25, 0.3) is 0 Å². The number of esters is 1. The van der Waals surface area contributed by atoms with Crippen molar-refractivity contribution < 1.29 is 18.7 Å². The van der Waals surface area contributed by atoms with E-state index in [-0.39, 0.29) is 31.1 Å². The van der Waals surface area contributed by atoms with Crippen molar-refractivity contribution >= 4 is 28.6 Å². The number of ether oxygens (including phenoxy) is 1. The van der Waals surface area contributed by atoms with Gasteiger partial charge in [-0.15, -0.1) is 0 Å². The summed E-state index contributed by atoms with van der Waals surface area (Å²) in [4.78, 5) is 35.5. The van der Waals surface area contributed by atoms with Crippen LogP contribution in [0.5, 0.6) is 0 Å². The lowest BCUT2D eigenvalue weighted by Crippen LogP contribution is -2.32. The van der Waals surface area contributed by atoms with Crippen molar-refractivity contribution in [3.63, 3.8) is 0 Å². The monoisotopic (exact) mass is 354 g/mol. The van der Waals surface area contributed by atoms with Gasteiger partial charge in [-0.25, -0.2) is 14.6 Å². The number of hydrogen-bond acceptors (Lipinski definition) is 6. The lowest BCUT2D eigenvalue weighted by molar-refractivity contribution is -0.137. The summed E-state index contributed by atoms with van der Waals surface area (Å²) >= 11 is 0. The Balaban J connectivity index is 1.59. The van der Waals surface area contributed by atoms with Crippen LogP contribution >= 0.6 is 0 Å². The molecule has 0 atom stereocenters. The molecule has 26 heavy (non-hydrogen) atoms. The number of carbonyl (C=O) groups is 2. The Labute approximate surface area is 149 Å². The van der Waals surface area contributed by atoms with E-state index in [1.54, 1.807) is 0 Å². The van der Waals surface area contributed by atoms with E-state index in [0.717, 1.165) is 29.7 Å². The molecule has 0 spiro atoms. The van der Waals surface area contributed by atoms with Crippen LogP contribution in [0, 0.1) is 0 Å². The molecule has 1 aromatic heterocycles. The summed E-state index contributed by atoms with van der Waals surface area (Å²) in [6, 6.07) is 5.29. The molecule has 0 saturated carbocycles. The number of aryl methyl sites for hydroxylation is 2. The molecule has 134 valence electrons. The Morgan fingerprint density at radius 3 is 2.69 bits per heavy atom. The molecule has 1 aliphatic heterocycles. The maximum atomic E-state index is 12.2. The molecule has 1 amide bonds. The highest BCUT2D eigenvalue weighted by Gasteiger charge is 2.23. The standard InChI is InChI=1S/C19H18N2O5/c1-21-17(22)6-5-15(20-21)19(24)25-10-13-9-18(23)26-16-8-12-4-2-3-11(12)7-14(13)16/h7-9H,2-6,10H2,1H3. The van der Waals surface area contributed by atoms with E-state index in [2.05, 4.69) is 5.10 Å². The molecule has 0 unspecified atom stereocenters. The molecule has 0 radical (unpaired) electrons. The Morgan fingerprint density at radius 2 is 1.92 bits per heavy atom. The van der Waals surface area contributed by atoms with E-state index in [0.29, 0.717) is 11.1 Å². The maximum Gasteiger partial charge on any atom is 0.354 e. The Hall–Kier alpha value is -2.96. The fourth-order valence-electron chi connectivity index (χ4n) is 3.46. The first-order valence-corrected chi connectivity index (χ1v) is 8.61.